The Kier molecular flexibility index (Phi) is 5.67. The van der Waals surface area contributed by atoms with Crippen molar-refractivity contribution in [2.24, 2.45) is 0 Å². The van der Waals surface area contributed by atoms with Gasteiger partial charge in [0.2, 0.25) is 5.95 Å². The van der Waals surface area contributed by atoms with Gasteiger partial charge in [0.1, 0.15) is 18.7 Å². The average Bonchev–Trinajstić information content (AvgIpc) is 3.38. The third kappa shape index (κ3) is 4.89. The molecule has 2 aromatic heterocycles. The number of carbonyl (C=O) groups excluding carboxylic acids is 1. The highest BCUT2D eigenvalue weighted by Crippen LogP contribution is 2.21. The van der Waals surface area contributed by atoms with Crippen LogP contribution in [0.15, 0.2) is 72.4 Å². The number of ether oxygens (including phenoxy) is 1. The third-order valence-corrected chi connectivity index (χ3v) is 5.29. The van der Waals surface area contributed by atoms with Gasteiger partial charge in [-0.2, -0.15) is 0 Å². The first-order valence-electron chi connectivity index (χ1n) is 9.18. The van der Waals surface area contributed by atoms with E-state index in [1.807, 2.05) is 73.0 Å². The van der Waals surface area contributed by atoms with Crippen LogP contribution in [0.25, 0.3) is 0 Å². The van der Waals surface area contributed by atoms with E-state index in [9.17, 15) is 4.79 Å². The highest BCUT2D eigenvalue weighted by molar-refractivity contribution is 7.12. The predicted octanol–water partition coefficient (Wildman–Crippen LogP) is 4.53. The second-order valence-corrected chi connectivity index (χ2v) is 7.49. The number of hydrogen-bond donors (Lipinski definition) is 1. The molecule has 2 aromatic carbocycles. The zero-order valence-corrected chi connectivity index (χ0v) is 16.7. The summed E-state index contributed by atoms with van der Waals surface area (Å²) >= 11 is 1.37. The minimum absolute atomic E-state index is 0.227. The van der Waals surface area contributed by atoms with Gasteiger partial charge in [0.25, 0.3) is 5.91 Å². The third-order valence-electron chi connectivity index (χ3n) is 4.31. The molecule has 0 bridgehead atoms. The lowest BCUT2D eigenvalue weighted by Gasteiger charge is -2.07. The monoisotopic (exact) mass is 404 g/mol. The van der Waals surface area contributed by atoms with Crippen LogP contribution in [0.5, 0.6) is 5.75 Å². The molecule has 0 aliphatic heterocycles. The van der Waals surface area contributed by atoms with Crippen molar-refractivity contribution < 1.29 is 9.53 Å². The van der Waals surface area contributed by atoms with Crippen molar-refractivity contribution in [3.8, 4) is 5.75 Å². The lowest BCUT2D eigenvalue weighted by molar-refractivity contribution is 0.102. The smallest absolute Gasteiger partial charge is 0.268 e. The van der Waals surface area contributed by atoms with Crippen LogP contribution in [0.4, 0.5) is 5.95 Å². The Balaban J connectivity index is 1.34. The maximum atomic E-state index is 12.5. The number of aryl methyl sites for hydroxylation is 1. The number of thiophene rings is 1. The largest absolute Gasteiger partial charge is 0.489 e. The summed E-state index contributed by atoms with van der Waals surface area (Å²) in [6.45, 7) is 3.02. The van der Waals surface area contributed by atoms with Crippen molar-refractivity contribution in [2.75, 3.05) is 5.32 Å². The molecular formula is C22H20N4O2S. The van der Waals surface area contributed by atoms with Gasteiger partial charge in [-0.25, -0.2) is 9.67 Å². The first-order chi connectivity index (χ1) is 14.2. The molecule has 7 heteroatoms. The molecule has 0 aliphatic carbocycles. The number of aromatic nitrogens is 3. The Morgan fingerprint density at radius 3 is 2.72 bits per heavy atom. The zero-order chi connectivity index (χ0) is 20.1. The number of hydrogen-bond acceptors (Lipinski definition) is 5. The van der Waals surface area contributed by atoms with E-state index in [0.29, 0.717) is 18.0 Å². The Bertz CT molecular complexity index is 1100. The summed E-state index contributed by atoms with van der Waals surface area (Å²) in [6, 6.07) is 19.7. The first-order valence-corrected chi connectivity index (χ1v) is 10.1. The molecule has 2 heterocycles. The molecule has 0 saturated heterocycles. The summed E-state index contributed by atoms with van der Waals surface area (Å²) in [7, 11) is 0. The Morgan fingerprint density at radius 2 is 1.90 bits per heavy atom. The number of benzene rings is 2. The lowest BCUT2D eigenvalue weighted by atomic mass is 10.2. The average molecular weight is 404 g/mol. The van der Waals surface area contributed by atoms with E-state index in [1.165, 1.54) is 11.3 Å². The topological polar surface area (TPSA) is 69.0 Å². The molecular weight excluding hydrogens is 384 g/mol. The Hall–Kier alpha value is -3.45. The SMILES string of the molecule is Cc1ccccc1OCc1csc(C(=O)Nc2ncn(Cc3ccccc3)n2)c1. The van der Waals surface area contributed by atoms with Crippen LogP contribution in [-0.4, -0.2) is 20.7 Å². The molecule has 146 valence electrons. The molecule has 29 heavy (non-hydrogen) atoms. The van der Waals surface area contributed by atoms with Gasteiger partial charge in [0.05, 0.1) is 11.4 Å². The minimum atomic E-state index is -0.227. The first kappa shape index (κ1) is 18.9. The van der Waals surface area contributed by atoms with E-state index in [1.54, 1.807) is 11.0 Å². The van der Waals surface area contributed by atoms with Gasteiger partial charge in [-0.15, -0.1) is 16.4 Å². The van der Waals surface area contributed by atoms with Crippen molar-refractivity contribution >= 4 is 23.2 Å². The quantitative estimate of drug-likeness (QED) is 0.491. The molecule has 0 fully saturated rings. The van der Waals surface area contributed by atoms with Gasteiger partial charge in [0, 0.05) is 5.56 Å². The second kappa shape index (κ2) is 8.70. The minimum Gasteiger partial charge on any atom is -0.489 e. The van der Waals surface area contributed by atoms with Crippen LogP contribution in [0.2, 0.25) is 0 Å². The fraction of sp³-hybridized carbons (Fsp3) is 0.136. The Labute approximate surface area is 172 Å². The highest BCUT2D eigenvalue weighted by Gasteiger charge is 2.12. The van der Waals surface area contributed by atoms with E-state index < -0.39 is 0 Å². The van der Waals surface area contributed by atoms with Gasteiger partial charge in [-0.1, -0.05) is 48.5 Å². The van der Waals surface area contributed by atoms with Crippen molar-refractivity contribution in [2.45, 2.75) is 20.1 Å². The Morgan fingerprint density at radius 1 is 1.10 bits per heavy atom. The molecule has 1 N–H and O–H groups in total. The number of anilines is 1. The number of nitrogens with zero attached hydrogens (tertiary/aromatic N) is 3. The van der Waals surface area contributed by atoms with Crippen molar-refractivity contribution in [1.82, 2.24) is 14.8 Å². The molecule has 0 spiro atoms. The molecule has 1 amide bonds. The summed E-state index contributed by atoms with van der Waals surface area (Å²) in [6.07, 6.45) is 1.61. The maximum Gasteiger partial charge on any atom is 0.268 e. The van der Waals surface area contributed by atoms with Gasteiger partial charge < -0.3 is 4.74 Å². The van der Waals surface area contributed by atoms with Gasteiger partial charge >= 0.3 is 0 Å². The number of para-hydroxylation sites is 1. The van der Waals surface area contributed by atoms with Crippen LogP contribution in [0, 0.1) is 6.92 Å². The van der Waals surface area contributed by atoms with Crippen molar-refractivity contribution in [1.29, 1.82) is 0 Å². The normalized spacial score (nSPS) is 10.7. The van der Waals surface area contributed by atoms with E-state index in [4.69, 9.17) is 4.74 Å². The molecule has 6 nitrogen and oxygen atoms in total. The second-order valence-electron chi connectivity index (χ2n) is 6.58. The van der Waals surface area contributed by atoms with Crippen LogP contribution >= 0.6 is 11.3 Å². The molecule has 4 aromatic rings. The van der Waals surface area contributed by atoms with Crippen LogP contribution in [0.3, 0.4) is 0 Å². The molecule has 0 saturated carbocycles. The van der Waals surface area contributed by atoms with E-state index in [0.717, 1.165) is 22.4 Å². The van der Waals surface area contributed by atoms with Crippen LogP contribution in [-0.2, 0) is 13.2 Å². The summed E-state index contributed by atoms with van der Waals surface area (Å²) in [5.74, 6) is 0.907. The van der Waals surface area contributed by atoms with E-state index >= 15 is 0 Å². The highest BCUT2D eigenvalue weighted by atomic mass is 32.1. The summed E-state index contributed by atoms with van der Waals surface area (Å²) in [5.41, 5.74) is 3.15. The number of nitrogens with one attached hydrogen (secondary N) is 1. The molecule has 0 aliphatic rings. The lowest BCUT2D eigenvalue weighted by Crippen LogP contribution is -2.12. The van der Waals surface area contributed by atoms with Crippen molar-refractivity contribution in [3.63, 3.8) is 0 Å². The molecule has 0 radical (unpaired) electrons. The van der Waals surface area contributed by atoms with Gasteiger partial charge in [-0.3, -0.25) is 10.1 Å². The molecule has 4 rings (SSSR count). The summed E-state index contributed by atoms with van der Waals surface area (Å²) in [4.78, 5) is 17.3. The standard InChI is InChI=1S/C22H20N4O2S/c1-16-7-5-6-10-19(16)28-13-18-11-20(29-14-18)21(27)24-22-23-15-26(25-22)12-17-8-3-2-4-9-17/h2-11,14-15H,12-13H2,1H3,(H,24,25,27). The van der Waals surface area contributed by atoms with E-state index in [2.05, 4.69) is 15.4 Å². The van der Waals surface area contributed by atoms with Crippen LogP contribution in [0.1, 0.15) is 26.4 Å². The summed E-state index contributed by atoms with van der Waals surface area (Å²) < 4.78 is 7.54. The van der Waals surface area contributed by atoms with Crippen LogP contribution < -0.4 is 10.1 Å². The number of rotatable bonds is 7. The summed E-state index contributed by atoms with van der Waals surface area (Å²) in [5, 5.41) is 8.99. The number of carbonyl (C=O) groups is 1. The van der Waals surface area contributed by atoms with E-state index in [-0.39, 0.29) is 11.9 Å². The van der Waals surface area contributed by atoms with Crippen molar-refractivity contribution in [3.05, 3.63) is 93.9 Å². The predicted molar refractivity (Wildman–Crippen MR) is 113 cm³/mol. The van der Waals surface area contributed by atoms with Gasteiger partial charge in [-0.05, 0) is 35.6 Å². The molecule has 0 atom stereocenters. The zero-order valence-electron chi connectivity index (χ0n) is 15.9. The fourth-order valence-corrected chi connectivity index (χ4v) is 3.60. The maximum absolute atomic E-state index is 12.5. The molecule has 0 unspecified atom stereocenters. The van der Waals surface area contributed by atoms with Gasteiger partial charge in [0.15, 0.2) is 0 Å². The number of amides is 1. The fourth-order valence-electron chi connectivity index (χ4n) is 2.81.